The van der Waals surface area contributed by atoms with Crippen LogP contribution in [0.1, 0.15) is 45.2 Å². The highest BCUT2D eigenvalue weighted by Gasteiger charge is 2.53. The molecule has 1 fully saturated rings. The molecule has 16 heavy (non-hydrogen) atoms. The third kappa shape index (κ3) is 1.63. The van der Waals surface area contributed by atoms with Gasteiger partial charge in [-0.2, -0.15) is 5.26 Å². The van der Waals surface area contributed by atoms with E-state index in [0.717, 1.165) is 6.42 Å². The van der Waals surface area contributed by atoms with Crippen LogP contribution < -0.4 is 0 Å². The van der Waals surface area contributed by atoms with Gasteiger partial charge in [0, 0.05) is 0 Å². The van der Waals surface area contributed by atoms with Gasteiger partial charge in [0.2, 0.25) is 0 Å². The molecule has 1 aromatic carbocycles. The summed E-state index contributed by atoms with van der Waals surface area (Å²) in [6.07, 6.45) is 1.01. The van der Waals surface area contributed by atoms with Gasteiger partial charge < -0.3 is 0 Å². The van der Waals surface area contributed by atoms with Crippen molar-refractivity contribution in [1.29, 1.82) is 5.26 Å². The molecular weight excluding hydrogens is 194 g/mol. The smallest absolute Gasteiger partial charge is 0.0851 e. The zero-order valence-electron chi connectivity index (χ0n) is 10.5. The molecule has 0 bridgehead atoms. The maximum absolute atomic E-state index is 9.26. The molecular formula is C15H19N. The maximum atomic E-state index is 9.26. The van der Waals surface area contributed by atoms with Gasteiger partial charge in [0.1, 0.15) is 0 Å². The first-order valence-electron chi connectivity index (χ1n) is 5.92. The second kappa shape index (κ2) is 3.35. The van der Waals surface area contributed by atoms with Crippen molar-refractivity contribution in [2.75, 3.05) is 0 Å². The number of nitriles is 1. The predicted octanol–water partition coefficient (Wildman–Crippen LogP) is 3.79. The van der Waals surface area contributed by atoms with E-state index in [-0.39, 0.29) is 10.8 Å². The van der Waals surface area contributed by atoms with Gasteiger partial charge in [-0.15, -0.1) is 0 Å². The van der Waals surface area contributed by atoms with Crippen molar-refractivity contribution in [3.05, 3.63) is 35.4 Å². The van der Waals surface area contributed by atoms with E-state index in [1.165, 1.54) is 11.1 Å². The lowest BCUT2D eigenvalue weighted by molar-refractivity contribution is 0.589. The van der Waals surface area contributed by atoms with Gasteiger partial charge in [0.15, 0.2) is 0 Å². The first kappa shape index (κ1) is 11.2. The fourth-order valence-corrected chi connectivity index (χ4v) is 2.31. The number of hydrogen-bond donors (Lipinski definition) is 0. The van der Waals surface area contributed by atoms with E-state index in [1.54, 1.807) is 0 Å². The van der Waals surface area contributed by atoms with Crippen molar-refractivity contribution in [2.45, 2.75) is 44.9 Å². The minimum atomic E-state index is -0.184. The van der Waals surface area contributed by atoms with Crippen LogP contribution in [0, 0.1) is 17.2 Å². The van der Waals surface area contributed by atoms with E-state index in [1.807, 2.05) is 0 Å². The molecule has 1 saturated carbocycles. The van der Waals surface area contributed by atoms with Crippen molar-refractivity contribution < 1.29 is 0 Å². The van der Waals surface area contributed by atoms with Crippen LogP contribution in [-0.2, 0) is 10.8 Å². The zero-order chi connectivity index (χ0) is 12.0. The van der Waals surface area contributed by atoms with Crippen LogP contribution in [0.2, 0.25) is 0 Å². The quantitative estimate of drug-likeness (QED) is 0.696. The predicted molar refractivity (Wildman–Crippen MR) is 66.2 cm³/mol. The number of nitrogens with zero attached hydrogens (tertiary/aromatic N) is 1. The molecule has 0 aromatic heterocycles. The summed E-state index contributed by atoms with van der Waals surface area (Å²) in [5.41, 5.74) is 2.53. The van der Waals surface area contributed by atoms with Gasteiger partial charge in [-0.05, 0) is 28.9 Å². The molecule has 0 heterocycles. The van der Waals surface area contributed by atoms with Gasteiger partial charge in [0.25, 0.3) is 0 Å². The lowest BCUT2D eigenvalue weighted by Gasteiger charge is -2.19. The molecule has 2 rings (SSSR count). The number of rotatable bonds is 1. The lowest BCUT2D eigenvalue weighted by atomic mass is 9.85. The Balaban J connectivity index is 2.32. The van der Waals surface area contributed by atoms with Crippen LogP contribution in [0.4, 0.5) is 0 Å². The van der Waals surface area contributed by atoms with Crippen molar-refractivity contribution in [1.82, 2.24) is 0 Å². The SMILES string of the molecule is CC1CC1(C#N)c1ccc(C(C)(C)C)cc1. The van der Waals surface area contributed by atoms with E-state index in [2.05, 4.69) is 58.0 Å². The van der Waals surface area contributed by atoms with Gasteiger partial charge in [-0.3, -0.25) is 0 Å². The average molecular weight is 213 g/mol. The molecule has 2 unspecified atom stereocenters. The third-order valence-corrected chi connectivity index (χ3v) is 3.77. The van der Waals surface area contributed by atoms with Gasteiger partial charge in [-0.1, -0.05) is 52.0 Å². The Morgan fingerprint density at radius 1 is 1.25 bits per heavy atom. The summed E-state index contributed by atoms with van der Waals surface area (Å²) >= 11 is 0. The second-order valence-corrected chi connectivity index (χ2v) is 6.02. The molecule has 0 N–H and O–H groups in total. The van der Waals surface area contributed by atoms with E-state index in [9.17, 15) is 5.26 Å². The van der Waals surface area contributed by atoms with Crippen LogP contribution >= 0.6 is 0 Å². The molecule has 84 valence electrons. The monoisotopic (exact) mass is 213 g/mol. The van der Waals surface area contributed by atoms with Crippen LogP contribution in [0.5, 0.6) is 0 Å². The van der Waals surface area contributed by atoms with Crippen molar-refractivity contribution in [3.63, 3.8) is 0 Å². The molecule has 0 spiro atoms. The minimum absolute atomic E-state index is 0.184. The van der Waals surface area contributed by atoms with Crippen molar-refractivity contribution in [3.8, 4) is 6.07 Å². The number of hydrogen-bond acceptors (Lipinski definition) is 1. The first-order valence-corrected chi connectivity index (χ1v) is 5.92. The van der Waals surface area contributed by atoms with Gasteiger partial charge >= 0.3 is 0 Å². The average Bonchev–Trinajstić information content (AvgIpc) is 2.90. The molecule has 1 heteroatoms. The fraction of sp³-hybridized carbons (Fsp3) is 0.533. The molecule has 0 aliphatic heterocycles. The summed E-state index contributed by atoms with van der Waals surface area (Å²) in [5, 5.41) is 9.26. The van der Waals surface area contributed by atoms with Gasteiger partial charge in [0.05, 0.1) is 11.5 Å². The Labute approximate surface area is 98.1 Å². The molecule has 0 amide bonds. The summed E-state index contributed by atoms with van der Waals surface area (Å²) in [4.78, 5) is 0. The summed E-state index contributed by atoms with van der Waals surface area (Å²) in [6.45, 7) is 8.78. The molecule has 0 saturated heterocycles. The zero-order valence-corrected chi connectivity index (χ0v) is 10.5. The molecule has 1 nitrogen and oxygen atoms in total. The normalized spacial score (nSPS) is 28.6. The van der Waals surface area contributed by atoms with E-state index in [0.29, 0.717) is 5.92 Å². The molecule has 1 aliphatic rings. The third-order valence-electron chi connectivity index (χ3n) is 3.77. The maximum Gasteiger partial charge on any atom is 0.0851 e. The van der Waals surface area contributed by atoms with Crippen LogP contribution in [0.25, 0.3) is 0 Å². The largest absolute Gasteiger partial charge is 0.197 e. The van der Waals surface area contributed by atoms with E-state index >= 15 is 0 Å². The Bertz CT molecular complexity index is 430. The molecule has 1 aromatic rings. The van der Waals surface area contributed by atoms with Gasteiger partial charge in [-0.25, -0.2) is 0 Å². The Hall–Kier alpha value is -1.29. The summed E-state index contributed by atoms with van der Waals surface area (Å²) < 4.78 is 0. The Kier molecular flexibility index (Phi) is 2.35. The highest BCUT2D eigenvalue weighted by Crippen LogP contribution is 2.53. The highest BCUT2D eigenvalue weighted by molar-refractivity contribution is 5.42. The highest BCUT2D eigenvalue weighted by atomic mass is 14.6. The number of benzene rings is 1. The topological polar surface area (TPSA) is 23.8 Å². The van der Waals surface area contributed by atoms with E-state index in [4.69, 9.17) is 0 Å². The van der Waals surface area contributed by atoms with Crippen molar-refractivity contribution in [2.24, 2.45) is 5.92 Å². The standard InChI is InChI=1S/C15H19N/c1-11-9-15(11,10-16)13-7-5-12(6-8-13)14(2,3)4/h5-8,11H,9H2,1-4H3. The van der Waals surface area contributed by atoms with E-state index < -0.39 is 0 Å². The van der Waals surface area contributed by atoms with Crippen molar-refractivity contribution >= 4 is 0 Å². The molecule has 0 radical (unpaired) electrons. The van der Waals surface area contributed by atoms with Crippen LogP contribution in [0.3, 0.4) is 0 Å². The summed E-state index contributed by atoms with van der Waals surface area (Å²) in [7, 11) is 0. The van der Waals surface area contributed by atoms with Crippen LogP contribution in [0.15, 0.2) is 24.3 Å². The molecule has 2 atom stereocenters. The van der Waals surface area contributed by atoms with Crippen LogP contribution in [-0.4, -0.2) is 0 Å². The summed E-state index contributed by atoms with van der Waals surface area (Å²) in [5.74, 6) is 0.512. The summed E-state index contributed by atoms with van der Waals surface area (Å²) in [6, 6.07) is 11.1. The second-order valence-electron chi connectivity index (χ2n) is 6.02. The molecule has 1 aliphatic carbocycles. The first-order chi connectivity index (χ1) is 7.40. The minimum Gasteiger partial charge on any atom is -0.197 e. The lowest BCUT2D eigenvalue weighted by Crippen LogP contribution is -2.12. The Morgan fingerprint density at radius 3 is 2.06 bits per heavy atom. The Morgan fingerprint density at radius 2 is 1.75 bits per heavy atom. The fourth-order valence-electron chi connectivity index (χ4n) is 2.31.